The van der Waals surface area contributed by atoms with E-state index in [0.717, 1.165) is 12.2 Å². The van der Waals surface area contributed by atoms with Crippen LogP contribution in [0, 0.1) is 10.8 Å². The minimum atomic E-state index is -0.818. The molecule has 0 aromatic heterocycles. The highest BCUT2D eigenvalue weighted by molar-refractivity contribution is 5.91. The van der Waals surface area contributed by atoms with E-state index in [4.69, 9.17) is 37.9 Å². The van der Waals surface area contributed by atoms with Crippen LogP contribution in [0.3, 0.4) is 0 Å². The normalized spacial score (nSPS) is 11.5. The summed E-state index contributed by atoms with van der Waals surface area (Å²) in [5, 5.41) is 0. The highest BCUT2D eigenvalue weighted by atomic mass is 16.6. The molecule has 0 bridgehead atoms. The van der Waals surface area contributed by atoms with Crippen molar-refractivity contribution >= 4 is 11.9 Å². The number of ether oxygens (including phenoxy) is 8. The third kappa shape index (κ3) is 19.1. The van der Waals surface area contributed by atoms with E-state index in [9.17, 15) is 9.59 Å². The van der Waals surface area contributed by atoms with Crippen LogP contribution in [0.5, 0.6) is 0 Å². The van der Waals surface area contributed by atoms with Crippen LogP contribution in [0.15, 0.2) is 88.1 Å². The first-order valence-electron chi connectivity index (χ1n) is 13.5. The fourth-order valence-electron chi connectivity index (χ4n) is 3.33. The summed E-state index contributed by atoms with van der Waals surface area (Å²) in [4.78, 5) is 25.1. The van der Waals surface area contributed by atoms with Gasteiger partial charge in [0.05, 0.1) is 90.1 Å². The Morgan fingerprint density at radius 3 is 0.810 bits per heavy atom. The van der Waals surface area contributed by atoms with Gasteiger partial charge in [0.15, 0.2) is 0 Å². The van der Waals surface area contributed by atoms with Crippen molar-refractivity contribution in [3.05, 3.63) is 88.1 Å². The number of hydrogen-bond donors (Lipinski definition) is 0. The second-order valence-corrected chi connectivity index (χ2v) is 9.37. The molecule has 0 amide bonds. The van der Waals surface area contributed by atoms with Crippen LogP contribution >= 0.6 is 0 Å². The van der Waals surface area contributed by atoms with Gasteiger partial charge >= 0.3 is 11.9 Å². The van der Waals surface area contributed by atoms with E-state index in [-0.39, 0.29) is 52.9 Å². The maximum absolute atomic E-state index is 12.5. The van der Waals surface area contributed by atoms with Gasteiger partial charge in [-0.05, 0) is 0 Å². The second kappa shape index (κ2) is 25.6. The molecule has 0 radical (unpaired) electrons. The summed E-state index contributed by atoms with van der Waals surface area (Å²) < 4.78 is 44.8. The minimum absolute atomic E-state index is 0.0955. The molecule has 0 fully saturated rings. The maximum atomic E-state index is 12.5. The second-order valence-electron chi connectivity index (χ2n) is 9.37. The van der Waals surface area contributed by atoms with E-state index in [1.54, 1.807) is 36.5 Å². The first-order valence-corrected chi connectivity index (χ1v) is 13.5. The molecule has 0 aromatic carbocycles. The Morgan fingerprint density at radius 2 is 0.619 bits per heavy atom. The number of hydrogen-bond acceptors (Lipinski definition) is 10. The van der Waals surface area contributed by atoms with Crippen molar-refractivity contribution in [1.82, 2.24) is 0 Å². The molecule has 0 aliphatic rings. The molecular weight excluding hydrogens is 544 g/mol. The number of carbonyl (C=O) groups excluding carboxylic acids is 2. The molecule has 0 N–H and O–H groups in total. The predicted octanol–water partition coefficient (Wildman–Crippen LogP) is 3.82. The zero-order chi connectivity index (χ0) is 31.4. The fraction of sp³-hybridized carbons (Fsp3) is 0.500. The first kappa shape index (κ1) is 38.9. The van der Waals surface area contributed by atoms with Gasteiger partial charge in [-0.2, -0.15) is 0 Å². The summed E-state index contributed by atoms with van der Waals surface area (Å²) in [6.07, 6.45) is 11.6. The molecule has 236 valence electrons. The highest BCUT2D eigenvalue weighted by Crippen LogP contribution is 2.22. The van der Waals surface area contributed by atoms with Gasteiger partial charge < -0.3 is 37.9 Å². The summed E-state index contributed by atoms with van der Waals surface area (Å²) in [7, 11) is 0. The van der Waals surface area contributed by atoms with Gasteiger partial charge in [-0.15, -0.1) is 39.5 Å². The maximum Gasteiger partial charge on any atom is 0.331 e. The van der Waals surface area contributed by atoms with Crippen molar-refractivity contribution in [1.29, 1.82) is 0 Å². The molecular formula is C32H48O10. The van der Waals surface area contributed by atoms with Crippen molar-refractivity contribution in [2.24, 2.45) is 10.8 Å². The molecule has 0 aliphatic carbocycles. The monoisotopic (exact) mass is 592 g/mol. The topological polar surface area (TPSA) is 108 Å². The molecule has 0 saturated heterocycles. The molecule has 0 atom stereocenters. The fourth-order valence-corrected chi connectivity index (χ4v) is 3.33. The van der Waals surface area contributed by atoms with E-state index in [2.05, 4.69) is 39.5 Å². The Hall–Kier alpha value is -3.12. The van der Waals surface area contributed by atoms with Gasteiger partial charge in [0, 0.05) is 12.2 Å². The molecule has 0 unspecified atom stereocenters. The lowest BCUT2D eigenvalue weighted by molar-refractivity contribution is -0.151. The molecule has 0 aromatic rings. The number of rotatable bonds is 30. The van der Waals surface area contributed by atoms with E-state index in [1.165, 1.54) is 0 Å². The highest BCUT2D eigenvalue weighted by Gasteiger charge is 2.35. The molecule has 42 heavy (non-hydrogen) atoms. The van der Waals surface area contributed by atoms with Crippen LogP contribution in [0.1, 0.15) is 0 Å². The lowest BCUT2D eigenvalue weighted by atomic mass is 9.92. The van der Waals surface area contributed by atoms with Crippen molar-refractivity contribution in [2.75, 3.05) is 92.5 Å². The third-order valence-electron chi connectivity index (χ3n) is 5.26. The van der Waals surface area contributed by atoms with E-state index >= 15 is 0 Å². The smallest absolute Gasteiger partial charge is 0.331 e. The lowest BCUT2D eigenvalue weighted by Crippen LogP contribution is -2.42. The Kier molecular flexibility index (Phi) is 23.7. The largest absolute Gasteiger partial charge is 0.462 e. The average molecular weight is 593 g/mol. The summed E-state index contributed by atoms with van der Waals surface area (Å²) in [5.74, 6) is -1.51. The Bertz CT molecular complexity index is 708. The molecule has 10 heteroatoms. The van der Waals surface area contributed by atoms with Crippen molar-refractivity contribution in [2.45, 2.75) is 0 Å². The Balaban J connectivity index is 5.39. The van der Waals surface area contributed by atoms with Crippen LogP contribution in [0.4, 0.5) is 0 Å². The first-order chi connectivity index (χ1) is 20.4. The van der Waals surface area contributed by atoms with Crippen LogP contribution in [0.2, 0.25) is 0 Å². The Labute approximate surface area is 250 Å². The van der Waals surface area contributed by atoms with Gasteiger partial charge in [0.2, 0.25) is 0 Å². The number of carbonyl (C=O) groups is 2. The number of esters is 2. The quantitative estimate of drug-likeness (QED) is 0.0529. The summed E-state index contributed by atoms with van der Waals surface area (Å²) in [5.41, 5.74) is -1.64. The van der Waals surface area contributed by atoms with Gasteiger partial charge in [-0.1, -0.05) is 36.5 Å². The van der Waals surface area contributed by atoms with E-state index in [1.807, 2.05) is 0 Å². The van der Waals surface area contributed by atoms with E-state index < -0.39 is 22.8 Å². The minimum Gasteiger partial charge on any atom is -0.462 e. The van der Waals surface area contributed by atoms with Crippen molar-refractivity contribution in [3.63, 3.8) is 0 Å². The molecule has 0 aliphatic heterocycles. The Morgan fingerprint density at radius 1 is 0.405 bits per heavy atom. The van der Waals surface area contributed by atoms with E-state index in [0.29, 0.717) is 39.6 Å². The molecule has 0 heterocycles. The lowest BCUT2D eigenvalue weighted by Gasteiger charge is -2.32. The SMILES string of the molecule is C=CCOCC(COCC=C)(COCC=C)COC(=O)C=CC(=O)OCC(COCC=C)(COCC=C)COCC=C. The zero-order valence-electron chi connectivity index (χ0n) is 24.8. The van der Waals surface area contributed by atoms with Crippen molar-refractivity contribution < 1.29 is 47.5 Å². The third-order valence-corrected chi connectivity index (χ3v) is 5.26. The summed E-state index contributed by atoms with van der Waals surface area (Å²) in [6.45, 7) is 24.5. The molecule has 0 spiro atoms. The van der Waals surface area contributed by atoms with Crippen LogP contribution < -0.4 is 0 Å². The average Bonchev–Trinajstić information content (AvgIpc) is 2.98. The van der Waals surface area contributed by atoms with Gasteiger partial charge in [0.25, 0.3) is 0 Å². The summed E-state index contributed by atoms with van der Waals surface area (Å²) in [6, 6.07) is 0. The standard InChI is InChI=1S/C32H48O10/c1-7-15-35-21-31(22-36-16-8-2,23-37-17-9-3)27-41-29(33)13-14-30(34)42-28-32(24-38-18-10-4,25-39-19-11-5)26-40-20-12-6/h7-14H,1-6,15-28H2. The predicted molar refractivity (Wildman–Crippen MR) is 162 cm³/mol. The van der Waals surface area contributed by atoms with Gasteiger partial charge in [0.1, 0.15) is 13.2 Å². The van der Waals surface area contributed by atoms with Crippen molar-refractivity contribution in [3.8, 4) is 0 Å². The molecule has 10 nitrogen and oxygen atoms in total. The molecule has 0 rings (SSSR count). The summed E-state index contributed by atoms with van der Waals surface area (Å²) >= 11 is 0. The van der Waals surface area contributed by atoms with Crippen LogP contribution in [-0.2, 0) is 47.5 Å². The van der Waals surface area contributed by atoms with Crippen LogP contribution in [0.25, 0.3) is 0 Å². The van der Waals surface area contributed by atoms with Gasteiger partial charge in [-0.3, -0.25) is 0 Å². The van der Waals surface area contributed by atoms with Gasteiger partial charge in [-0.25, -0.2) is 9.59 Å². The molecule has 0 saturated carbocycles. The zero-order valence-corrected chi connectivity index (χ0v) is 24.8. The van der Waals surface area contributed by atoms with Crippen LogP contribution in [-0.4, -0.2) is 104 Å².